The molecule has 0 bridgehead atoms. The molecule has 1 heterocycles. The number of hydrogen-bond acceptors (Lipinski definition) is 2. The molecule has 1 fully saturated rings. The summed E-state index contributed by atoms with van der Waals surface area (Å²) in [7, 11) is 0. The first-order valence-corrected chi connectivity index (χ1v) is 4.79. The molecule has 0 aromatic rings. The number of nitrogens with two attached hydrogens (primary N) is 1. The molecule has 1 rings (SSSR count). The van der Waals surface area contributed by atoms with Gasteiger partial charge in [0.15, 0.2) is 0 Å². The lowest BCUT2D eigenvalue weighted by Crippen LogP contribution is -2.46. The van der Waals surface area contributed by atoms with E-state index in [4.69, 9.17) is 5.73 Å². The number of carbonyl (C=O) groups is 1. The average Bonchev–Trinajstić information content (AvgIpc) is 2.07. The summed E-state index contributed by atoms with van der Waals surface area (Å²) in [5.41, 5.74) is 5.30. The number of hydrogen-bond donors (Lipinski definition) is 1. The highest BCUT2D eigenvalue weighted by Gasteiger charge is 2.22. The van der Waals surface area contributed by atoms with E-state index in [2.05, 4.69) is 4.90 Å². The Bertz CT molecular complexity index is 158. The van der Waals surface area contributed by atoms with Crippen molar-refractivity contribution in [3.8, 4) is 0 Å². The van der Waals surface area contributed by atoms with Gasteiger partial charge < -0.3 is 5.73 Å². The lowest BCUT2D eigenvalue weighted by Gasteiger charge is -2.31. The van der Waals surface area contributed by atoms with Crippen LogP contribution in [0.4, 0.5) is 0 Å². The van der Waals surface area contributed by atoms with Gasteiger partial charge in [-0.15, -0.1) is 12.4 Å². The molecule has 0 aromatic heterocycles. The molecule has 13 heavy (non-hydrogen) atoms. The predicted octanol–water partition coefficient (Wildman–Crippen LogP) is 1.16. The molecular formula is C9H19ClN2O. The monoisotopic (exact) mass is 206 g/mol. The number of amides is 1. The highest BCUT2D eigenvalue weighted by atomic mass is 35.5. The average molecular weight is 207 g/mol. The molecule has 4 heteroatoms. The molecule has 3 nitrogen and oxygen atoms in total. The van der Waals surface area contributed by atoms with Crippen LogP contribution in [0.2, 0.25) is 0 Å². The molecular weight excluding hydrogens is 188 g/mol. The van der Waals surface area contributed by atoms with Gasteiger partial charge >= 0.3 is 0 Å². The van der Waals surface area contributed by atoms with Gasteiger partial charge in [-0.1, -0.05) is 13.3 Å². The molecule has 0 aliphatic carbocycles. The lowest BCUT2D eigenvalue weighted by atomic mass is 10.1. The van der Waals surface area contributed by atoms with E-state index in [1.54, 1.807) is 0 Å². The van der Waals surface area contributed by atoms with Crippen molar-refractivity contribution in [3.63, 3.8) is 0 Å². The molecule has 0 saturated carbocycles. The van der Waals surface area contributed by atoms with Gasteiger partial charge in [0.25, 0.3) is 0 Å². The first kappa shape index (κ1) is 12.7. The Morgan fingerprint density at radius 2 is 1.92 bits per heavy atom. The molecule has 1 amide bonds. The topological polar surface area (TPSA) is 46.3 Å². The highest BCUT2D eigenvalue weighted by molar-refractivity contribution is 5.85. The molecule has 1 aliphatic heterocycles. The molecule has 0 radical (unpaired) electrons. The summed E-state index contributed by atoms with van der Waals surface area (Å²) >= 11 is 0. The van der Waals surface area contributed by atoms with Gasteiger partial charge in [-0.05, 0) is 32.4 Å². The zero-order chi connectivity index (χ0) is 8.97. The van der Waals surface area contributed by atoms with Gasteiger partial charge in [-0.2, -0.15) is 0 Å². The maximum absolute atomic E-state index is 11.0. The van der Waals surface area contributed by atoms with E-state index in [9.17, 15) is 4.79 Å². The second-order valence-electron chi connectivity index (χ2n) is 3.42. The van der Waals surface area contributed by atoms with Crippen LogP contribution in [-0.4, -0.2) is 29.9 Å². The van der Waals surface area contributed by atoms with Crippen LogP contribution in [-0.2, 0) is 4.79 Å². The number of rotatable bonds is 3. The lowest BCUT2D eigenvalue weighted by molar-refractivity contribution is -0.123. The largest absolute Gasteiger partial charge is 0.368 e. The second kappa shape index (κ2) is 6.22. The maximum atomic E-state index is 11.0. The zero-order valence-electron chi connectivity index (χ0n) is 8.16. The van der Waals surface area contributed by atoms with Crippen molar-refractivity contribution in [1.29, 1.82) is 0 Å². The molecule has 1 atom stereocenters. The number of primary amides is 1. The minimum Gasteiger partial charge on any atom is -0.368 e. The fraction of sp³-hybridized carbons (Fsp3) is 0.889. The Morgan fingerprint density at radius 1 is 1.38 bits per heavy atom. The fourth-order valence-electron chi connectivity index (χ4n) is 1.87. The SMILES string of the molecule is CCC(C(N)=O)N1CCCCC1.Cl. The Balaban J connectivity index is 0.00000144. The molecule has 2 N–H and O–H groups in total. The summed E-state index contributed by atoms with van der Waals surface area (Å²) in [5.74, 6) is -0.167. The number of piperidine rings is 1. The van der Waals surface area contributed by atoms with Crippen molar-refractivity contribution in [2.24, 2.45) is 5.73 Å². The predicted molar refractivity (Wildman–Crippen MR) is 55.9 cm³/mol. The van der Waals surface area contributed by atoms with E-state index in [0.29, 0.717) is 0 Å². The minimum absolute atomic E-state index is 0. The Labute approximate surface area is 86.1 Å². The maximum Gasteiger partial charge on any atom is 0.234 e. The van der Waals surface area contributed by atoms with Crippen LogP contribution < -0.4 is 5.73 Å². The van der Waals surface area contributed by atoms with Crippen LogP contribution >= 0.6 is 12.4 Å². The number of likely N-dealkylation sites (tertiary alicyclic amines) is 1. The summed E-state index contributed by atoms with van der Waals surface area (Å²) in [6, 6.07) is -0.0229. The van der Waals surface area contributed by atoms with Crippen LogP contribution in [0.1, 0.15) is 32.6 Å². The van der Waals surface area contributed by atoms with Crippen molar-refractivity contribution in [2.45, 2.75) is 38.6 Å². The van der Waals surface area contributed by atoms with Gasteiger partial charge in [-0.3, -0.25) is 9.69 Å². The van der Waals surface area contributed by atoms with Crippen LogP contribution in [0, 0.1) is 0 Å². The number of halogens is 1. The normalized spacial score (nSPS) is 20.4. The van der Waals surface area contributed by atoms with Crippen LogP contribution in [0.3, 0.4) is 0 Å². The van der Waals surface area contributed by atoms with Gasteiger partial charge in [0.2, 0.25) is 5.91 Å². The molecule has 1 aliphatic rings. The van der Waals surface area contributed by atoms with E-state index in [-0.39, 0.29) is 24.4 Å². The van der Waals surface area contributed by atoms with Crippen LogP contribution in [0.25, 0.3) is 0 Å². The van der Waals surface area contributed by atoms with Crippen molar-refractivity contribution in [2.75, 3.05) is 13.1 Å². The van der Waals surface area contributed by atoms with Crippen molar-refractivity contribution in [3.05, 3.63) is 0 Å². The number of carbonyl (C=O) groups excluding carboxylic acids is 1. The smallest absolute Gasteiger partial charge is 0.234 e. The Hall–Kier alpha value is -0.280. The molecule has 1 saturated heterocycles. The van der Waals surface area contributed by atoms with Gasteiger partial charge in [0.05, 0.1) is 6.04 Å². The Morgan fingerprint density at radius 3 is 2.31 bits per heavy atom. The zero-order valence-corrected chi connectivity index (χ0v) is 8.98. The van der Waals surface area contributed by atoms with Gasteiger partial charge in [0.1, 0.15) is 0 Å². The number of nitrogens with zero attached hydrogens (tertiary/aromatic N) is 1. The third-order valence-electron chi connectivity index (χ3n) is 2.55. The summed E-state index contributed by atoms with van der Waals surface area (Å²) < 4.78 is 0. The standard InChI is InChI=1S/C9H18N2O.ClH/c1-2-8(9(10)12)11-6-4-3-5-7-11;/h8H,2-7H2,1H3,(H2,10,12);1H. The molecule has 0 spiro atoms. The van der Waals surface area contributed by atoms with Gasteiger partial charge in [-0.25, -0.2) is 0 Å². The fourth-order valence-corrected chi connectivity index (χ4v) is 1.87. The molecule has 0 aromatic carbocycles. The molecule has 78 valence electrons. The van der Waals surface area contributed by atoms with E-state index in [1.165, 1.54) is 19.3 Å². The van der Waals surface area contributed by atoms with Gasteiger partial charge in [0, 0.05) is 0 Å². The Kier molecular flexibility index (Phi) is 6.08. The van der Waals surface area contributed by atoms with Crippen molar-refractivity contribution >= 4 is 18.3 Å². The van der Waals surface area contributed by atoms with Crippen molar-refractivity contribution in [1.82, 2.24) is 4.90 Å². The summed E-state index contributed by atoms with van der Waals surface area (Å²) in [4.78, 5) is 13.2. The quantitative estimate of drug-likeness (QED) is 0.754. The summed E-state index contributed by atoms with van der Waals surface area (Å²) in [6.45, 7) is 4.10. The van der Waals surface area contributed by atoms with E-state index >= 15 is 0 Å². The van der Waals surface area contributed by atoms with Crippen LogP contribution in [0.15, 0.2) is 0 Å². The second-order valence-corrected chi connectivity index (χ2v) is 3.42. The third kappa shape index (κ3) is 3.53. The van der Waals surface area contributed by atoms with Crippen molar-refractivity contribution < 1.29 is 4.79 Å². The summed E-state index contributed by atoms with van der Waals surface area (Å²) in [5, 5.41) is 0. The van der Waals surface area contributed by atoms with E-state index < -0.39 is 0 Å². The van der Waals surface area contributed by atoms with E-state index in [1.807, 2.05) is 6.92 Å². The summed E-state index contributed by atoms with van der Waals surface area (Å²) in [6.07, 6.45) is 4.56. The third-order valence-corrected chi connectivity index (χ3v) is 2.55. The first-order valence-electron chi connectivity index (χ1n) is 4.79. The first-order chi connectivity index (χ1) is 5.75. The van der Waals surface area contributed by atoms with Crippen LogP contribution in [0.5, 0.6) is 0 Å². The highest BCUT2D eigenvalue weighted by Crippen LogP contribution is 2.13. The minimum atomic E-state index is -0.167. The molecule has 1 unspecified atom stereocenters. The van der Waals surface area contributed by atoms with E-state index in [0.717, 1.165) is 19.5 Å².